The molecule has 0 aliphatic carbocycles. The van der Waals surface area contributed by atoms with Crippen LogP contribution in [-0.4, -0.2) is 18.8 Å². The molecule has 1 rings (SSSR count). The van der Waals surface area contributed by atoms with E-state index >= 15 is 0 Å². The van der Waals surface area contributed by atoms with Gasteiger partial charge in [0.15, 0.2) is 5.64 Å². The first-order valence-electron chi connectivity index (χ1n) is 1.82. The quantitative estimate of drug-likeness (QED) is 0.366. The van der Waals surface area contributed by atoms with Crippen LogP contribution in [0.25, 0.3) is 0 Å². The second-order valence-corrected chi connectivity index (χ2v) is 1.56. The monoisotopic (exact) mass is 159 g/mol. The largest absolute Gasteiger partial charge is 0.476 e. The third kappa shape index (κ3) is 2.28. The van der Waals surface area contributed by atoms with Gasteiger partial charge in [-0.2, -0.15) is 0 Å². The number of nitrogens with zero attached hydrogens (tertiary/aromatic N) is 1. The Morgan fingerprint density at radius 1 is 1.71 bits per heavy atom. The van der Waals surface area contributed by atoms with Crippen LogP contribution in [0.4, 0.5) is 0 Å². The standard InChI is InChI=1S/C3H6NOP.Fe/c6-3-4-1-2-5-3;/h1-2,6H2;. The number of rotatable bonds is 0. The molecule has 4 heteroatoms. The molecule has 1 atom stereocenters. The zero-order valence-corrected chi connectivity index (χ0v) is 5.96. The number of hydrogen-bond donors (Lipinski definition) is 0. The normalized spacial score (nSPS) is 17.0. The van der Waals surface area contributed by atoms with Crippen LogP contribution in [0, 0.1) is 0 Å². The molecule has 7 heavy (non-hydrogen) atoms. The molecule has 0 aromatic heterocycles. The number of hydrogen-bond acceptors (Lipinski definition) is 2. The topological polar surface area (TPSA) is 21.6 Å². The van der Waals surface area contributed by atoms with Crippen molar-refractivity contribution in [3.05, 3.63) is 0 Å². The fraction of sp³-hybridized carbons (Fsp3) is 0.667. The summed E-state index contributed by atoms with van der Waals surface area (Å²) >= 11 is 0. The molecule has 1 unspecified atom stereocenters. The van der Waals surface area contributed by atoms with Gasteiger partial charge >= 0.3 is 0 Å². The predicted octanol–water partition coefficient (Wildman–Crippen LogP) is 0.245. The van der Waals surface area contributed by atoms with E-state index in [4.69, 9.17) is 4.74 Å². The van der Waals surface area contributed by atoms with Gasteiger partial charge in [0, 0.05) is 17.1 Å². The first-order chi connectivity index (χ1) is 2.89. The van der Waals surface area contributed by atoms with Gasteiger partial charge in [-0.1, -0.05) is 0 Å². The predicted molar refractivity (Wildman–Crippen MR) is 28.0 cm³/mol. The third-order valence-corrected chi connectivity index (χ3v) is 0.958. The molecule has 0 spiro atoms. The Labute approximate surface area is 55.4 Å². The van der Waals surface area contributed by atoms with E-state index in [1.165, 1.54) is 0 Å². The zero-order chi connectivity index (χ0) is 4.41. The summed E-state index contributed by atoms with van der Waals surface area (Å²) in [5, 5.41) is 0. The van der Waals surface area contributed by atoms with Gasteiger partial charge in [0.05, 0.1) is 6.54 Å². The van der Waals surface area contributed by atoms with Gasteiger partial charge in [-0.25, -0.2) is 4.99 Å². The van der Waals surface area contributed by atoms with Crippen molar-refractivity contribution in [1.82, 2.24) is 0 Å². The van der Waals surface area contributed by atoms with Crippen LogP contribution < -0.4 is 0 Å². The van der Waals surface area contributed by atoms with Crippen LogP contribution in [0.2, 0.25) is 0 Å². The van der Waals surface area contributed by atoms with Crippen molar-refractivity contribution in [3.8, 4) is 0 Å². The summed E-state index contributed by atoms with van der Waals surface area (Å²) in [7, 11) is 2.40. The van der Waals surface area contributed by atoms with E-state index in [0.29, 0.717) is 0 Å². The average Bonchev–Trinajstić information content (AvgIpc) is 1.86. The first kappa shape index (κ1) is 7.42. The van der Waals surface area contributed by atoms with Crippen molar-refractivity contribution in [1.29, 1.82) is 0 Å². The summed E-state index contributed by atoms with van der Waals surface area (Å²) in [6, 6.07) is 0. The molecule has 42 valence electrons. The Bertz CT molecular complexity index is 85.0. The molecule has 0 fully saturated rings. The van der Waals surface area contributed by atoms with Gasteiger partial charge in [0.1, 0.15) is 6.61 Å². The fourth-order valence-electron chi connectivity index (χ4n) is 0.352. The Morgan fingerprint density at radius 2 is 2.43 bits per heavy atom. The molecule has 0 radical (unpaired) electrons. The van der Waals surface area contributed by atoms with Crippen LogP contribution in [0.5, 0.6) is 0 Å². The summed E-state index contributed by atoms with van der Waals surface area (Å²) in [6.45, 7) is 1.59. The van der Waals surface area contributed by atoms with Crippen molar-refractivity contribution >= 4 is 14.9 Å². The van der Waals surface area contributed by atoms with E-state index in [0.717, 1.165) is 18.8 Å². The summed E-state index contributed by atoms with van der Waals surface area (Å²) in [4.78, 5) is 3.89. The molecule has 0 aromatic rings. The Hall–Kier alpha value is 0.419. The minimum absolute atomic E-state index is 0. The number of ether oxygens (including phenoxy) is 1. The van der Waals surface area contributed by atoms with Crippen LogP contribution in [0.1, 0.15) is 0 Å². The van der Waals surface area contributed by atoms with E-state index in [-0.39, 0.29) is 17.1 Å². The van der Waals surface area contributed by atoms with E-state index in [9.17, 15) is 0 Å². The minimum Gasteiger partial charge on any atom is -0.476 e. The first-order valence-corrected chi connectivity index (χ1v) is 2.40. The molecule has 0 amide bonds. The van der Waals surface area contributed by atoms with Crippen LogP contribution in [0.15, 0.2) is 4.99 Å². The fourth-order valence-corrected chi connectivity index (χ4v) is 0.599. The van der Waals surface area contributed by atoms with Crippen molar-refractivity contribution in [2.45, 2.75) is 0 Å². The molecule has 0 bridgehead atoms. The molecule has 0 saturated heterocycles. The van der Waals surface area contributed by atoms with E-state index in [2.05, 4.69) is 14.2 Å². The molecule has 0 aromatic carbocycles. The molecule has 0 N–H and O–H groups in total. The molecule has 1 aliphatic heterocycles. The molecular weight excluding hydrogens is 153 g/mol. The second-order valence-electron chi connectivity index (χ2n) is 1.07. The van der Waals surface area contributed by atoms with Gasteiger partial charge < -0.3 is 4.74 Å². The van der Waals surface area contributed by atoms with Crippen molar-refractivity contribution < 1.29 is 21.8 Å². The zero-order valence-electron chi connectivity index (χ0n) is 3.70. The Kier molecular flexibility index (Phi) is 3.63. The van der Waals surface area contributed by atoms with Crippen molar-refractivity contribution in [2.75, 3.05) is 13.2 Å². The number of aliphatic imine (C=N–C) groups is 1. The molecular formula is C3H6FeNOP. The van der Waals surface area contributed by atoms with Gasteiger partial charge in [-0.15, -0.1) is 0 Å². The van der Waals surface area contributed by atoms with Gasteiger partial charge in [0.25, 0.3) is 0 Å². The van der Waals surface area contributed by atoms with E-state index in [1.54, 1.807) is 0 Å². The summed E-state index contributed by atoms with van der Waals surface area (Å²) < 4.78 is 4.87. The van der Waals surface area contributed by atoms with Crippen LogP contribution in [-0.2, 0) is 21.8 Å². The van der Waals surface area contributed by atoms with Crippen LogP contribution >= 0.6 is 9.24 Å². The summed E-state index contributed by atoms with van der Waals surface area (Å²) in [5.74, 6) is 0. The van der Waals surface area contributed by atoms with E-state index in [1.807, 2.05) is 0 Å². The van der Waals surface area contributed by atoms with Crippen LogP contribution in [0.3, 0.4) is 0 Å². The minimum atomic E-state index is 0. The van der Waals surface area contributed by atoms with E-state index < -0.39 is 0 Å². The van der Waals surface area contributed by atoms with Gasteiger partial charge in [-0.3, -0.25) is 0 Å². The average molecular weight is 159 g/mol. The maximum Gasteiger partial charge on any atom is 0.199 e. The maximum absolute atomic E-state index is 4.87. The van der Waals surface area contributed by atoms with Gasteiger partial charge in [0.2, 0.25) is 0 Å². The Balaban J connectivity index is 0.000000360. The third-order valence-electron chi connectivity index (χ3n) is 0.609. The summed E-state index contributed by atoms with van der Waals surface area (Å²) in [6.07, 6.45) is 0. The van der Waals surface area contributed by atoms with Crippen molar-refractivity contribution in [2.24, 2.45) is 4.99 Å². The SMILES string of the molecule is PC1=NCCO1.[Fe]. The Morgan fingerprint density at radius 3 is 2.57 bits per heavy atom. The van der Waals surface area contributed by atoms with Crippen molar-refractivity contribution in [3.63, 3.8) is 0 Å². The van der Waals surface area contributed by atoms with Gasteiger partial charge in [-0.05, 0) is 9.24 Å². The maximum atomic E-state index is 4.87. The smallest absolute Gasteiger partial charge is 0.199 e. The molecule has 1 aliphatic rings. The second kappa shape index (κ2) is 3.43. The molecule has 0 saturated carbocycles. The summed E-state index contributed by atoms with van der Waals surface area (Å²) in [5.41, 5.74) is 0.745. The molecule has 1 heterocycles. The molecule has 2 nitrogen and oxygen atoms in total.